The molecule has 1 aromatic heterocycles. The van der Waals surface area contributed by atoms with Crippen molar-refractivity contribution in [2.24, 2.45) is 0 Å². The quantitative estimate of drug-likeness (QED) is 0.344. The molecule has 1 heterocycles. The topological polar surface area (TPSA) is 54.9 Å². The fourth-order valence-electron chi connectivity index (χ4n) is 1.97. The number of amides is 1. The van der Waals surface area contributed by atoms with Crippen molar-refractivity contribution in [3.63, 3.8) is 0 Å². The summed E-state index contributed by atoms with van der Waals surface area (Å²) in [5, 5.41) is 11.1. The van der Waals surface area contributed by atoms with E-state index in [-0.39, 0.29) is 10.9 Å². The van der Waals surface area contributed by atoms with Crippen molar-refractivity contribution >= 4 is 51.8 Å². The molecule has 0 saturated heterocycles. The zero-order valence-electron chi connectivity index (χ0n) is 13.4. The second kappa shape index (κ2) is 8.93. The zero-order chi connectivity index (χ0) is 18.4. The molecule has 0 aliphatic heterocycles. The monoisotopic (exact) mass is 405 g/mol. The van der Waals surface area contributed by atoms with Gasteiger partial charge in [0.05, 0.1) is 5.02 Å². The lowest BCUT2D eigenvalue weighted by atomic mass is 10.2. The van der Waals surface area contributed by atoms with Crippen LogP contribution in [0.2, 0.25) is 5.02 Å². The Balaban J connectivity index is 1.53. The number of nitrogens with one attached hydrogen (secondary N) is 1. The predicted octanol–water partition coefficient (Wildman–Crippen LogP) is 5.27. The largest absolute Gasteiger partial charge is 0.297 e. The van der Waals surface area contributed by atoms with Gasteiger partial charge >= 0.3 is 0 Å². The number of nitrogens with zero attached hydrogens (tertiary/aromatic N) is 2. The Labute approximate surface area is 163 Å². The number of rotatable bonds is 6. The first-order valence-corrected chi connectivity index (χ1v) is 9.72. The molecule has 1 amide bonds. The van der Waals surface area contributed by atoms with Crippen molar-refractivity contribution in [1.82, 2.24) is 10.2 Å². The van der Waals surface area contributed by atoms with E-state index in [9.17, 15) is 9.18 Å². The maximum absolute atomic E-state index is 13.1. The minimum atomic E-state index is -0.498. The highest BCUT2D eigenvalue weighted by Crippen LogP contribution is 2.28. The normalized spacial score (nSPS) is 11.0. The van der Waals surface area contributed by atoms with E-state index in [1.807, 2.05) is 30.3 Å². The Bertz CT molecular complexity index is 931. The first-order valence-electron chi connectivity index (χ1n) is 7.54. The number of carbonyl (C=O) groups is 1. The number of anilines is 1. The van der Waals surface area contributed by atoms with Crippen LogP contribution in [0.15, 0.2) is 58.9 Å². The van der Waals surface area contributed by atoms with Crippen molar-refractivity contribution < 1.29 is 9.18 Å². The Kier molecular flexibility index (Phi) is 6.38. The molecule has 2 aromatic carbocycles. The molecule has 3 rings (SSSR count). The number of hydrogen-bond donors (Lipinski definition) is 1. The molecule has 0 radical (unpaired) electrons. The Morgan fingerprint density at radius 3 is 2.81 bits per heavy atom. The SMILES string of the molecule is O=C(/C=C/c1ccc(F)c(Cl)c1)Nc1nnc(SCc2ccccc2)s1. The molecule has 4 nitrogen and oxygen atoms in total. The van der Waals surface area contributed by atoms with Gasteiger partial charge in [0.1, 0.15) is 5.82 Å². The average Bonchev–Trinajstić information content (AvgIpc) is 3.09. The first-order chi connectivity index (χ1) is 12.6. The van der Waals surface area contributed by atoms with Gasteiger partial charge in [-0.1, -0.05) is 71.1 Å². The predicted molar refractivity (Wildman–Crippen MR) is 105 cm³/mol. The number of aromatic nitrogens is 2. The summed E-state index contributed by atoms with van der Waals surface area (Å²) in [5.41, 5.74) is 1.82. The standard InChI is InChI=1S/C18H13ClFN3OS2/c19-14-10-12(6-8-15(14)20)7-9-16(24)21-17-22-23-18(26-17)25-11-13-4-2-1-3-5-13/h1-10H,11H2,(H,21,22,24)/b9-7+. The van der Waals surface area contributed by atoms with E-state index in [1.165, 1.54) is 41.2 Å². The van der Waals surface area contributed by atoms with Gasteiger partial charge in [-0.15, -0.1) is 10.2 Å². The van der Waals surface area contributed by atoms with Gasteiger partial charge in [0.25, 0.3) is 0 Å². The van der Waals surface area contributed by atoms with Crippen LogP contribution in [0.3, 0.4) is 0 Å². The van der Waals surface area contributed by atoms with E-state index < -0.39 is 5.82 Å². The average molecular weight is 406 g/mol. The zero-order valence-corrected chi connectivity index (χ0v) is 15.7. The van der Waals surface area contributed by atoms with E-state index in [1.54, 1.807) is 17.8 Å². The number of halogens is 2. The molecule has 132 valence electrons. The molecule has 0 atom stereocenters. The summed E-state index contributed by atoms with van der Waals surface area (Å²) in [7, 11) is 0. The van der Waals surface area contributed by atoms with Gasteiger partial charge in [-0.25, -0.2) is 4.39 Å². The maximum atomic E-state index is 13.1. The molecule has 0 saturated carbocycles. The minimum absolute atomic E-state index is 0.0109. The van der Waals surface area contributed by atoms with E-state index >= 15 is 0 Å². The van der Waals surface area contributed by atoms with Crippen LogP contribution in [0.4, 0.5) is 9.52 Å². The molecule has 8 heteroatoms. The van der Waals surface area contributed by atoms with Gasteiger partial charge in [-0.2, -0.15) is 0 Å². The Hall–Kier alpha value is -2.22. The molecule has 0 aliphatic rings. The highest BCUT2D eigenvalue weighted by atomic mass is 35.5. The van der Waals surface area contributed by atoms with Crippen molar-refractivity contribution in [2.45, 2.75) is 10.1 Å². The summed E-state index contributed by atoms with van der Waals surface area (Å²) in [6, 6.07) is 14.3. The third kappa shape index (κ3) is 5.39. The number of benzene rings is 2. The summed E-state index contributed by atoms with van der Waals surface area (Å²) in [5.74, 6) is -0.0573. The van der Waals surface area contributed by atoms with E-state index in [4.69, 9.17) is 11.6 Å². The van der Waals surface area contributed by atoms with Gasteiger partial charge in [0.15, 0.2) is 4.34 Å². The molecule has 3 aromatic rings. The van der Waals surface area contributed by atoms with Gasteiger partial charge in [0.2, 0.25) is 11.0 Å². The first kappa shape index (κ1) is 18.6. The van der Waals surface area contributed by atoms with E-state index in [0.29, 0.717) is 10.7 Å². The van der Waals surface area contributed by atoms with Crippen molar-refractivity contribution in [3.05, 3.63) is 76.6 Å². The van der Waals surface area contributed by atoms with Gasteiger partial charge < -0.3 is 0 Å². The smallest absolute Gasteiger partial charge is 0.250 e. The number of thioether (sulfide) groups is 1. The highest BCUT2D eigenvalue weighted by Gasteiger charge is 2.07. The van der Waals surface area contributed by atoms with Crippen LogP contribution in [-0.4, -0.2) is 16.1 Å². The maximum Gasteiger partial charge on any atom is 0.250 e. The van der Waals surface area contributed by atoms with Gasteiger partial charge in [-0.3, -0.25) is 10.1 Å². The molecular formula is C18H13ClFN3OS2. The summed E-state index contributed by atoms with van der Waals surface area (Å²) >= 11 is 8.58. The van der Waals surface area contributed by atoms with Gasteiger partial charge in [-0.05, 0) is 29.3 Å². The molecule has 0 aliphatic carbocycles. The van der Waals surface area contributed by atoms with Crippen molar-refractivity contribution in [3.8, 4) is 0 Å². The molecule has 0 unspecified atom stereocenters. The lowest BCUT2D eigenvalue weighted by Gasteiger charge is -1.98. The number of hydrogen-bond acceptors (Lipinski definition) is 5. The molecular weight excluding hydrogens is 393 g/mol. The summed E-state index contributed by atoms with van der Waals surface area (Å²) < 4.78 is 13.9. The van der Waals surface area contributed by atoms with Gasteiger partial charge in [0, 0.05) is 11.8 Å². The van der Waals surface area contributed by atoms with Crippen LogP contribution < -0.4 is 5.32 Å². The van der Waals surface area contributed by atoms with Crippen molar-refractivity contribution in [1.29, 1.82) is 0 Å². The Morgan fingerprint density at radius 2 is 2.04 bits per heavy atom. The molecule has 26 heavy (non-hydrogen) atoms. The fraction of sp³-hybridized carbons (Fsp3) is 0.0556. The van der Waals surface area contributed by atoms with Crippen LogP contribution in [0.5, 0.6) is 0 Å². The Morgan fingerprint density at radius 1 is 1.23 bits per heavy atom. The molecule has 0 spiro atoms. The van der Waals surface area contributed by atoms with E-state index in [0.717, 1.165) is 10.1 Å². The van der Waals surface area contributed by atoms with E-state index in [2.05, 4.69) is 15.5 Å². The van der Waals surface area contributed by atoms with Crippen LogP contribution in [0.1, 0.15) is 11.1 Å². The van der Waals surface area contributed by atoms with Crippen LogP contribution in [-0.2, 0) is 10.5 Å². The second-order valence-corrected chi connectivity index (χ2v) is 7.75. The van der Waals surface area contributed by atoms with Crippen LogP contribution in [0.25, 0.3) is 6.08 Å². The number of carbonyl (C=O) groups excluding carboxylic acids is 1. The lowest BCUT2D eigenvalue weighted by molar-refractivity contribution is -0.111. The molecule has 1 N–H and O–H groups in total. The lowest BCUT2D eigenvalue weighted by Crippen LogP contribution is -2.07. The summed E-state index contributed by atoms with van der Waals surface area (Å²) in [6.45, 7) is 0. The highest BCUT2D eigenvalue weighted by molar-refractivity contribution is 8.00. The minimum Gasteiger partial charge on any atom is -0.297 e. The van der Waals surface area contributed by atoms with Crippen LogP contribution in [0, 0.1) is 5.82 Å². The summed E-state index contributed by atoms with van der Waals surface area (Å²) in [4.78, 5) is 12.0. The third-order valence-corrected chi connectivity index (χ3v) is 5.55. The fourth-order valence-corrected chi connectivity index (χ4v) is 3.87. The van der Waals surface area contributed by atoms with Crippen LogP contribution >= 0.6 is 34.7 Å². The molecule has 0 fully saturated rings. The summed E-state index contributed by atoms with van der Waals surface area (Å²) in [6.07, 6.45) is 2.88. The third-order valence-electron chi connectivity index (χ3n) is 3.21. The van der Waals surface area contributed by atoms with Crippen molar-refractivity contribution in [2.75, 3.05) is 5.32 Å². The molecule has 0 bridgehead atoms. The second-order valence-electron chi connectivity index (χ2n) is 5.14.